The highest BCUT2D eigenvalue weighted by molar-refractivity contribution is 6.08. The Kier molecular flexibility index (Phi) is 3.92. The maximum absolute atomic E-state index is 12.7. The van der Waals surface area contributed by atoms with Gasteiger partial charge in [0.05, 0.1) is 5.56 Å². The zero-order valence-electron chi connectivity index (χ0n) is 12.8. The molecule has 2 heterocycles. The number of aromatic nitrogens is 2. The molecule has 1 amide bonds. The SMILES string of the molecule is Cc1[nH]c2ccccc2c1C(=O)N(C)CCc1ccccn1. The topological polar surface area (TPSA) is 49.0 Å². The van der Waals surface area contributed by atoms with Crippen LogP contribution >= 0.6 is 0 Å². The third-order valence-electron chi connectivity index (χ3n) is 3.88. The monoisotopic (exact) mass is 293 g/mol. The number of nitrogens with one attached hydrogen (secondary N) is 1. The molecule has 1 aromatic carbocycles. The van der Waals surface area contributed by atoms with Gasteiger partial charge >= 0.3 is 0 Å². The van der Waals surface area contributed by atoms with Gasteiger partial charge in [-0.15, -0.1) is 0 Å². The minimum atomic E-state index is 0.0471. The van der Waals surface area contributed by atoms with Crippen LogP contribution in [0.2, 0.25) is 0 Å². The number of aryl methyl sites for hydroxylation is 1. The summed E-state index contributed by atoms with van der Waals surface area (Å²) in [5.74, 6) is 0.0471. The number of carbonyl (C=O) groups is 1. The lowest BCUT2D eigenvalue weighted by atomic mass is 10.1. The van der Waals surface area contributed by atoms with Crippen molar-refractivity contribution < 1.29 is 4.79 Å². The Balaban J connectivity index is 1.79. The second kappa shape index (κ2) is 6.02. The van der Waals surface area contributed by atoms with E-state index in [0.29, 0.717) is 6.54 Å². The molecule has 0 atom stereocenters. The lowest BCUT2D eigenvalue weighted by molar-refractivity contribution is 0.0797. The van der Waals surface area contributed by atoms with Gasteiger partial charge in [0.15, 0.2) is 0 Å². The van der Waals surface area contributed by atoms with E-state index in [1.807, 2.05) is 56.4 Å². The molecule has 3 rings (SSSR count). The average Bonchev–Trinajstić information content (AvgIpc) is 2.88. The molecule has 4 nitrogen and oxygen atoms in total. The van der Waals surface area contributed by atoms with Crippen LogP contribution in [-0.4, -0.2) is 34.4 Å². The number of fused-ring (bicyclic) bond motifs is 1. The Morgan fingerprint density at radius 2 is 1.95 bits per heavy atom. The Morgan fingerprint density at radius 3 is 2.73 bits per heavy atom. The molecule has 0 aliphatic carbocycles. The summed E-state index contributed by atoms with van der Waals surface area (Å²) in [5.41, 5.74) is 3.68. The molecular formula is C18H19N3O. The number of benzene rings is 1. The van der Waals surface area contributed by atoms with Gasteiger partial charge in [-0.1, -0.05) is 24.3 Å². The van der Waals surface area contributed by atoms with Crippen LogP contribution < -0.4 is 0 Å². The van der Waals surface area contributed by atoms with Crippen LogP contribution in [0.5, 0.6) is 0 Å². The molecule has 0 spiro atoms. The van der Waals surface area contributed by atoms with E-state index in [1.54, 1.807) is 11.1 Å². The van der Waals surface area contributed by atoms with Crippen molar-refractivity contribution in [3.63, 3.8) is 0 Å². The van der Waals surface area contributed by atoms with Crippen LogP contribution in [0.25, 0.3) is 10.9 Å². The molecular weight excluding hydrogens is 274 g/mol. The summed E-state index contributed by atoms with van der Waals surface area (Å²) in [6, 6.07) is 13.8. The van der Waals surface area contributed by atoms with E-state index < -0.39 is 0 Å². The number of rotatable bonds is 4. The largest absolute Gasteiger partial charge is 0.358 e. The average molecular weight is 293 g/mol. The Hall–Kier alpha value is -2.62. The molecule has 3 aromatic rings. The Morgan fingerprint density at radius 1 is 1.18 bits per heavy atom. The fourth-order valence-electron chi connectivity index (χ4n) is 2.67. The number of pyridine rings is 1. The number of para-hydroxylation sites is 1. The number of likely N-dealkylation sites (N-methyl/N-ethyl adjacent to an activating group) is 1. The lowest BCUT2D eigenvalue weighted by Crippen LogP contribution is -2.29. The van der Waals surface area contributed by atoms with Gasteiger partial charge in [-0.05, 0) is 25.1 Å². The highest BCUT2D eigenvalue weighted by Crippen LogP contribution is 2.23. The first-order valence-corrected chi connectivity index (χ1v) is 7.39. The fraction of sp³-hybridized carbons (Fsp3) is 0.222. The molecule has 0 bridgehead atoms. The highest BCUT2D eigenvalue weighted by Gasteiger charge is 2.19. The van der Waals surface area contributed by atoms with E-state index in [-0.39, 0.29) is 5.91 Å². The van der Waals surface area contributed by atoms with E-state index in [0.717, 1.165) is 34.3 Å². The zero-order chi connectivity index (χ0) is 15.5. The van der Waals surface area contributed by atoms with Crippen molar-refractivity contribution >= 4 is 16.8 Å². The number of nitrogens with zero attached hydrogens (tertiary/aromatic N) is 2. The third kappa shape index (κ3) is 2.72. The number of hydrogen-bond donors (Lipinski definition) is 1. The minimum Gasteiger partial charge on any atom is -0.358 e. The predicted molar refractivity (Wildman–Crippen MR) is 87.9 cm³/mol. The van der Waals surface area contributed by atoms with Crippen LogP contribution in [-0.2, 0) is 6.42 Å². The second-order valence-electron chi connectivity index (χ2n) is 5.47. The van der Waals surface area contributed by atoms with Gasteiger partial charge in [-0.2, -0.15) is 0 Å². The van der Waals surface area contributed by atoms with Gasteiger partial charge in [0.1, 0.15) is 0 Å². The summed E-state index contributed by atoms with van der Waals surface area (Å²) >= 11 is 0. The van der Waals surface area contributed by atoms with Crippen molar-refractivity contribution in [3.8, 4) is 0 Å². The summed E-state index contributed by atoms with van der Waals surface area (Å²) in [4.78, 5) is 22.1. The van der Waals surface area contributed by atoms with Crippen LogP contribution in [0.15, 0.2) is 48.7 Å². The maximum Gasteiger partial charge on any atom is 0.256 e. The lowest BCUT2D eigenvalue weighted by Gasteiger charge is -2.17. The third-order valence-corrected chi connectivity index (χ3v) is 3.88. The second-order valence-corrected chi connectivity index (χ2v) is 5.47. The Labute approximate surface area is 129 Å². The van der Waals surface area contributed by atoms with Gasteiger partial charge in [-0.25, -0.2) is 0 Å². The minimum absolute atomic E-state index is 0.0471. The van der Waals surface area contributed by atoms with Gasteiger partial charge < -0.3 is 9.88 Å². The Bertz CT molecular complexity index is 792. The number of amides is 1. The fourth-order valence-corrected chi connectivity index (χ4v) is 2.67. The number of H-pyrrole nitrogens is 1. The van der Waals surface area contributed by atoms with Crippen LogP contribution in [0.1, 0.15) is 21.7 Å². The zero-order valence-corrected chi connectivity index (χ0v) is 12.8. The number of carbonyl (C=O) groups excluding carboxylic acids is 1. The standard InChI is InChI=1S/C18H19N3O/c1-13-17(15-8-3-4-9-16(15)20-13)18(22)21(2)12-10-14-7-5-6-11-19-14/h3-9,11,20H,10,12H2,1-2H3. The van der Waals surface area contributed by atoms with Gasteiger partial charge in [-0.3, -0.25) is 9.78 Å². The molecule has 22 heavy (non-hydrogen) atoms. The first-order valence-electron chi connectivity index (χ1n) is 7.39. The molecule has 0 radical (unpaired) electrons. The molecule has 2 aromatic heterocycles. The summed E-state index contributed by atoms with van der Waals surface area (Å²) in [6.07, 6.45) is 2.53. The smallest absolute Gasteiger partial charge is 0.256 e. The van der Waals surface area contributed by atoms with Gasteiger partial charge in [0, 0.05) is 48.5 Å². The molecule has 1 N–H and O–H groups in total. The van der Waals surface area contributed by atoms with Crippen molar-refractivity contribution in [1.82, 2.24) is 14.9 Å². The quantitative estimate of drug-likeness (QED) is 0.803. The van der Waals surface area contributed by atoms with E-state index in [1.165, 1.54) is 0 Å². The van der Waals surface area contributed by atoms with Crippen molar-refractivity contribution in [2.24, 2.45) is 0 Å². The molecule has 0 saturated carbocycles. The van der Waals surface area contributed by atoms with Crippen molar-refractivity contribution in [3.05, 3.63) is 65.6 Å². The molecule has 0 saturated heterocycles. The molecule has 0 unspecified atom stereocenters. The van der Waals surface area contributed by atoms with Crippen molar-refractivity contribution in [1.29, 1.82) is 0 Å². The molecule has 4 heteroatoms. The van der Waals surface area contributed by atoms with Crippen molar-refractivity contribution in [2.45, 2.75) is 13.3 Å². The maximum atomic E-state index is 12.7. The van der Waals surface area contributed by atoms with E-state index in [2.05, 4.69) is 9.97 Å². The van der Waals surface area contributed by atoms with E-state index >= 15 is 0 Å². The number of aromatic amines is 1. The normalized spacial score (nSPS) is 10.8. The van der Waals surface area contributed by atoms with Crippen molar-refractivity contribution in [2.75, 3.05) is 13.6 Å². The van der Waals surface area contributed by atoms with Gasteiger partial charge in [0.2, 0.25) is 0 Å². The van der Waals surface area contributed by atoms with Crippen LogP contribution in [0.3, 0.4) is 0 Å². The summed E-state index contributed by atoms with van der Waals surface area (Å²) in [7, 11) is 1.84. The first-order chi connectivity index (χ1) is 10.7. The molecule has 0 aliphatic rings. The first kappa shape index (κ1) is 14.3. The highest BCUT2D eigenvalue weighted by atomic mass is 16.2. The molecule has 0 fully saturated rings. The van der Waals surface area contributed by atoms with Gasteiger partial charge in [0.25, 0.3) is 5.91 Å². The van der Waals surface area contributed by atoms with Crippen LogP contribution in [0.4, 0.5) is 0 Å². The van der Waals surface area contributed by atoms with Crippen LogP contribution in [0, 0.1) is 6.92 Å². The summed E-state index contributed by atoms with van der Waals surface area (Å²) in [5, 5.41) is 0.981. The van der Waals surface area contributed by atoms with E-state index in [4.69, 9.17) is 0 Å². The number of hydrogen-bond acceptors (Lipinski definition) is 2. The predicted octanol–water partition coefficient (Wildman–Crippen LogP) is 3.19. The molecule has 112 valence electrons. The summed E-state index contributed by atoms with van der Waals surface area (Å²) < 4.78 is 0. The van der Waals surface area contributed by atoms with E-state index in [9.17, 15) is 4.79 Å². The molecule has 0 aliphatic heterocycles. The summed E-state index contributed by atoms with van der Waals surface area (Å²) in [6.45, 7) is 2.59.